The molecule has 0 saturated carbocycles. The summed E-state index contributed by atoms with van der Waals surface area (Å²) in [7, 11) is 0. The van der Waals surface area contributed by atoms with E-state index in [-0.39, 0.29) is 0 Å². The van der Waals surface area contributed by atoms with Gasteiger partial charge in [0, 0.05) is 18.1 Å². The van der Waals surface area contributed by atoms with Gasteiger partial charge in [0.05, 0.1) is 0 Å². The first-order valence-corrected chi connectivity index (χ1v) is 20.8. The predicted molar refractivity (Wildman–Crippen MR) is 199 cm³/mol. The zero-order valence-electron chi connectivity index (χ0n) is 30.7. The van der Waals surface area contributed by atoms with Crippen molar-refractivity contribution < 1.29 is 4.57 Å². The molecule has 1 aromatic rings. The summed E-state index contributed by atoms with van der Waals surface area (Å²) in [6.07, 6.45) is 55.2. The Balaban J connectivity index is 1.83. The van der Waals surface area contributed by atoms with Crippen LogP contribution in [0, 0.1) is 0 Å². The van der Waals surface area contributed by atoms with Crippen molar-refractivity contribution in [3.63, 3.8) is 0 Å². The Morgan fingerprint density at radius 3 is 1.00 bits per heavy atom. The van der Waals surface area contributed by atoms with Crippen molar-refractivity contribution in [3.8, 4) is 0 Å². The standard InChI is InChI=1S/C43H82N/c1-3-5-7-9-11-13-15-17-19-21-23-25-27-29-31-33-35-38-43-39-37-41-44(42-43)40-36-34-32-30-28-26-24-22-20-18-16-14-12-10-8-6-4-2/h37,39,41-42H,3-36,38,40H2,1-2H3/q+1. The summed E-state index contributed by atoms with van der Waals surface area (Å²) >= 11 is 0. The SMILES string of the molecule is CCCCCCCCCCCCCCCCCCCc1ccc[n+](CCCCCCCCCCCCCCCCCCC)c1. The smallest absolute Gasteiger partial charge is 0.171 e. The summed E-state index contributed by atoms with van der Waals surface area (Å²) in [4.78, 5) is 0. The molecule has 0 aliphatic carbocycles. The Bertz CT molecular complexity index is 613. The van der Waals surface area contributed by atoms with E-state index in [2.05, 4.69) is 42.9 Å². The summed E-state index contributed by atoms with van der Waals surface area (Å²) in [5.74, 6) is 0. The molecule has 0 aromatic carbocycles. The van der Waals surface area contributed by atoms with Gasteiger partial charge in [0.1, 0.15) is 6.54 Å². The van der Waals surface area contributed by atoms with Crippen LogP contribution >= 0.6 is 0 Å². The third-order valence-corrected chi connectivity index (χ3v) is 10.0. The number of aromatic nitrogens is 1. The average Bonchev–Trinajstić information content (AvgIpc) is 3.04. The molecule has 0 saturated heterocycles. The molecule has 0 spiro atoms. The molecule has 1 aromatic heterocycles. The minimum atomic E-state index is 1.20. The van der Waals surface area contributed by atoms with Crippen LogP contribution in [-0.2, 0) is 13.0 Å². The van der Waals surface area contributed by atoms with Crippen molar-refractivity contribution in [1.82, 2.24) is 0 Å². The van der Waals surface area contributed by atoms with Crippen molar-refractivity contribution >= 4 is 0 Å². The highest BCUT2D eigenvalue weighted by atomic mass is 14.9. The predicted octanol–water partition coefficient (Wildman–Crippen LogP) is 14.8. The second-order valence-corrected chi connectivity index (χ2v) is 14.5. The van der Waals surface area contributed by atoms with Gasteiger partial charge >= 0.3 is 0 Å². The quantitative estimate of drug-likeness (QED) is 0.0524. The molecule has 0 atom stereocenters. The number of hydrogen-bond donors (Lipinski definition) is 0. The van der Waals surface area contributed by atoms with Crippen molar-refractivity contribution in [1.29, 1.82) is 0 Å². The van der Waals surface area contributed by atoms with Gasteiger partial charge in [-0.1, -0.05) is 213 Å². The minimum absolute atomic E-state index is 1.20. The zero-order chi connectivity index (χ0) is 31.4. The number of unbranched alkanes of at least 4 members (excludes halogenated alkanes) is 32. The van der Waals surface area contributed by atoms with E-state index in [1.54, 1.807) is 5.56 Å². The van der Waals surface area contributed by atoms with Gasteiger partial charge in [0.2, 0.25) is 0 Å². The highest BCUT2D eigenvalue weighted by Crippen LogP contribution is 2.16. The van der Waals surface area contributed by atoms with E-state index in [0.717, 1.165) is 0 Å². The number of pyridine rings is 1. The minimum Gasteiger partial charge on any atom is -0.205 e. The van der Waals surface area contributed by atoms with Crippen LogP contribution in [0.4, 0.5) is 0 Å². The lowest BCUT2D eigenvalue weighted by Crippen LogP contribution is -2.33. The summed E-state index contributed by atoms with van der Waals surface area (Å²) in [5, 5.41) is 0. The first-order valence-electron chi connectivity index (χ1n) is 20.8. The van der Waals surface area contributed by atoms with E-state index in [9.17, 15) is 0 Å². The second-order valence-electron chi connectivity index (χ2n) is 14.5. The van der Waals surface area contributed by atoms with Gasteiger partial charge in [-0.3, -0.25) is 0 Å². The Kier molecular flexibility index (Phi) is 32.8. The Morgan fingerprint density at radius 1 is 0.364 bits per heavy atom. The first-order chi connectivity index (χ1) is 21.9. The van der Waals surface area contributed by atoms with E-state index >= 15 is 0 Å². The van der Waals surface area contributed by atoms with Crippen LogP contribution in [-0.4, -0.2) is 0 Å². The second kappa shape index (κ2) is 35.0. The lowest BCUT2D eigenvalue weighted by molar-refractivity contribution is -0.697. The maximum absolute atomic E-state index is 2.45. The maximum atomic E-state index is 2.45. The summed E-state index contributed by atoms with van der Waals surface area (Å²) in [5.41, 5.74) is 1.54. The van der Waals surface area contributed by atoms with Crippen molar-refractivity contribution in [3.05, 3.63) is 30.1 Å². The fourth-order valence-corrected chi connectivity index (χ4v) is 6.94. The zero-order valence-corrected chi connectivity index (χ0v) is 30.7. The molecule has 0 fully saturated rings. The van der Waals surface area contributed by atoms with Crippen LogP contribution in [0.5, 0.6) is 0 Å². The van der Waals surface area contributed by atoms with Gasteiger partial charge < -0.3 is 0 Å². The van der Waals surface area contributed by atoms with E-state index in [4.69, 9.17) is 0 Å². The van der Waals surface area contributed by atoms with E-state index in [1.807, 2.05) is 0 Å². The molecular weight excluding hydrogens is 530 g/mol. The maximum Gasteiger partial charge on any atom is 0.171 e. The first kappa shape index (κ1) is 41.2. The molecule has 1 nitrogen and oxygen atoms in total. The Hall–Kier alpha value is -0.850. The van der Waals surface area contributed by atoms with Crippen LogP contribution in [0.1, 0.15) is 238 Å². The Labute approximate surface area is 279 Å². The van der Waals surface area contributed by atoms with Gasteiger partial charge in [-0.2, -0.15) is 0 Å². The van der Waals surface area contributed by atoms with Gasteiger partial charge in [-0.25, -0.2) is 4.57 Å². The third kappa shape index (κ3) is 29.8. The van der Waals surface area contributed by atoms with Gasteiger partial charge in [0.25, 0.3) is 0 Å². The number of rotatable bonds is 36. The molecule has 258 valence electrons. The molecule has 0 radical (unpaired) electrons. The normalized spacial score (nSPS) is 11.5. The molecule has 0 N–H and O–H groups in total. The lowest BCUT2D eigenvalue weighted by Gasteiger charge is -2.04. The number of hydrogen-bond acceptors (Lipinski definition) is 0. The molecule has 0 amide bonds. The topological polar surface area (TPSA) is 3.88 Å². The fourth-order valence-electron chi connectivity index (χ4n) is 6.94. The highest BCUT2D eigenvalue weighted by Gasteiger charge is 2.04. The largest absolute Gasteiger partial charge is 0.205 e. The van der Waals surface area contributed by atoms with E-state index in [1.165, 1.54) is 231 Å². The number of aryl methyl sites for hydroxylation is 2. The fraction of sp³-hybridized carbons (Fsp3) is 0.884. The molecule has 0 unspecified atom stereocenters. The van der Waals surface area contributed by atoms with Crippen LogP contribution in [0.2, 0.25) is 0 Å². The number of nitrogens with zero attached hydrogens (tertiary/aromatic N) is 1. The van der Waals surface area contributed by atoms with Crippen LogP contribution in [0.15, 0.2) is 24.5 Å². The van der Waals surface area contributed by atoms with E-state index in [0.29, 0.717) is 0 Å². The molecule has 44 heavy (non-hydrogen) atoms. The molecule has 0 bridgehead atoms. The van der Waals surface area contributed by atoms with Crippen LogP contribution in [0.25, 0.3) is 0 Å². The lowest BCUT2D eigenvalue weighted by atomic mass is 10.0. The molecule has 0 aliphatic heterocycles. The van der Waals surface area contributed by atoms with Gasteiger partial charge in [0.15, 0.2) is 12.4 Å². The molecule has 0 aliphatic rings. The van der Waals surface area contributed by atoms with Crippen molar-refractivity contribution in [2.75, 3.05) is 0 Å². The molecular formula is C43H82N+. The average molecular weight is 613 g/mol. The summed E-state index contributed by atoms with van der Waals surface area (Å²) in [6.45, 7) is 5.81. The van der Waals surface area contributed by atoms with Crippen LogP contribution in [0.3, 0.4) is 0 Å². The van der Waals surface area contributed by atoms with E-state index < -0.39 is 0 Å². The summed E-state index contributed by atoms with van der Waals surface area (Å²) < 4.78 is 2.45. The molecule has 1 heteroatoms. The highest BCUT2D eigenvalue weighted by molar-refractivity contribution is 5.05. The monoisotopic (exact) mass is 613 g/mol. The van der Waals surface area contributed by atoms with Crippen LogP contribution < -0.4 is 4.57 Å². The Morgan fingerprint density at radius 2 is 0.659 bits per heavy atom. The molecule has 1 heterocycles. The van der Waals surface area contributed by atoms with Crippen molar-refractivity contribution in [2.45, 2.75) is 245 Å². The van der Waals surface area contributed by atoms with Gasteiger partial charge in [-0.15, -0.1) is 0 Å². The summed E-state index contributed by atoms with van der Waals surface area (Å²) in [6, 6.07) is 4.62. The third-order valence-electron chi connectivity index (χ3n) is 10.0. The van der Waals surface area contributed by atoms with Gasteiger partial charge in [-0.05, 0) is 25.3 Å². The van der Waals surface area contributed by atoms with Crippen molar-refractivity contribution in [2.24, 2.45) is 0 Å². The molecule has 1 rings (SSSR count).